The normalized spacial score (nSPS) is 10.2. The van der Waals surface area contributed by atoms with E-state index in [9.17, 15) is 0 Å². The molecule has 0 spiro atoms. The lowest BCUT2D eigenvalue weighted by Gasteiger charge is -2.12. The predicted molar refractivity (Wildman–Crippen MR) is 89.7 cm³/mol. The van der Waals surface area contributed by atoms with Crippen molar-refractivity contribution in [3.63, 3.8) is 0 Å². The fourth-order valence-electron chi connectivity index (χ4n) is 0.548. The SMILES string of the molecule is C=CSSCC(CSSC=C)SSC=C. The van der Waals surface area contributed by atoms with Gasteiger partial charge in [-0.1, -0.05) is 84.5 Å². The number of hydrogen-bond donors (Lipinski definition) is 0. The second-order valence-corrected chi connectivity index (χ2v) is 9.37. The Bertz CT molecular complexity index is 167. The van der Waals surface area contributed by atoms with E-state index in [4.69, 9.17) is 0 Å². The minimum Gasteiger partial charge on any atom is -0.0919 e. The largest absolute Gasteiger partial charge is 0.0919 e. The Kier molecular flexibility index (Phi) is 14.6. The molecule has 0 aliphatic rings. The summed E-state index contributed by atoms with van der Waals surface area (Å²) in [6.45, 7) is 11.1. The Labute approximate surface area is 117 Å². The van der Waals surface area contributed by atoms with Crippen LogP contribution in [0.1, 0.15) is 0 Å². The van der Waals surface area contributed by atoms with Crippen LogP contribution in [-0.2, 0) is 0 Å². The maximum atomic E-state index is 3.71. The smallest absolute Gasteiger partial charge is 0.0352 e. The summed E-state index contributed by atoms with van der Waals surface area (Å²) in [5, 5.41) is 6.27. The molecule has 0 atom stereocenters. The van der Waals surface area contributed by atoms with Gasteiger partial charge in [0.25, 0.3) is 0 Å². The Morgan fingerprint density at radius 1 is 0.800 bits per heavy atom. The molecule has 0 aliphatic carbocycles. The van der Waals surface area contributed by atoms with Crippen LogP contribution in [-0.4, -0.2) is 16.8 Å². The molecular weight excluding hydrogens is 301 g/mol. The van der Waals surface area contributed by atoms with Crippen LogP contribution in [0.2, 0.25) is 0 Å². The zero-order valence-corrected chi connectivity index (χ0v) is 13.2. The summed E-state index contributed by atoms with van der Waals surface area (Å²) >= 11 is 0. The molecule has 0 heterocycles. The van der Waals surface area contributed by atoms with Gasteiger partial charge in [0, 0.05) is 16.8 Å². The first-order chi connectivity index (χ1) is 7.35. The van der Waals surface area contributed by atoms with E-state index >= 15 is 0 Å². The molecule has 0 aromatic rings. The van der Waals surface area contributed by atoms with E-state index < -0.39 is 0 Å². The molecule has 0 bridgehead atoms. The molecule has 0 aromatic heterocycles. The Hall–Kier alpha value is 1.32. The zero-order chi connectivity index (χ0) is 11.4. The van der Waals surface area contributed by atoms with Crippen molar-refractivity contribution in [2.75, 3.05) is 11.5 Å². The van der Waals surface area contributed by atoms with Gasteiger partial charge in [0.2, 0.25) is 0 Å². The Balaban J connectivity index is 3.66. The minimum atomic E-state index is 0.642. The first-order valence-electron chi connectivity index (χ1n) is 4.06. The second kappa shape index (κ2) is 13.4. The van der Waals surface area contributed by atoms with Crippen molar-refractivity contribution in [3.05, 3.63) is 36.0 Å². The van der Waals surface area contributed by atoms with Crippen molar-refractivity contribution in [2.45, 2.75) is 5.25 Å². The average molecular weight is 315 g/mol. The van der Waals surface area contributed by atoms with Crippen molar-refractivity contribution in [1.29, 1.82) is 0 Å². The van der Waals surface area contributed by atoms with E-state index in [2.05, 4.69) is 19.7 Å². The zero-order valence-electron chi connectivity index (χ0n) is 8.29. The van der Waals surface area contributed by atoms with Gasteiger partial charge in [0.1, 0.15) is 0 Å². The van der Waals surface area contributed by atoms with Gasteiger partial charge in [-0.05, 0) is 16.2 Å². The monoisotopic (exact) mass is 314 g/mol. The summed E-state index contributed by atoms with van der Waals surface area (Å²) in [5.41, 5.74) is 0. The average Bonchev–Trinajstić information content (AvgIpc) is 2.25. The van der Waals surface area contributed by atoms with Crippen molar-refractivity contribution < 1.29 is 0 Å². The summed E-state index contributed by atoms with van der Waals surface area (Å²) in [6, 6.07) is 0. The minimum absolute atomic E-state index is 0.642. The fraction of sp³-hybridized carbons (Fsp3) is 0.333. The van der Waals surface area contributed by atoms with Crippen LogP contribution in [0.5, 0.6) is 0 Å². The van der Waals surface area contributed by atoms with Gasteiger partial charge >= 0.3 is 0 Å². The summed E-state index contributed by atoms with van der Waals surface area (Å²) in [6.07, 6.45) is 0. The van der Waals surface area contributed by atoms with Gasteiger partial charge in [-0.3, -0.25) is 0 Å². The van der Waals surface area contributed by atoms with Crippen LogP contribution in [0.3, 0.4) is 0 Å². The first kappa shape index (κ1) is 16.3. The maximum Gasteiger partial charge on any atom is 0.0352 e. The Morgan fingerprint density at radius 2 is 1.27 bits per heavy atom. The lowest BCUT2D eigenvalue weighted by molar-refractivity contribution is 1.17. The molecule has 0 aliphatic heterocycles. The number of rotatable bonds is 11. The van der Waals surface area contributed by atoms with E-state index in [1.165, 1.54) is 0 Å². The number of hydrogen-bond acceptors (Lipinski definition) is 6. The topological polar surface area (TPSA) is 0 Å². The summed E-state index contributed by atoms with van der Waals surface area (Å²) in [7, 11) is 10.7. The molecule has 86 valence electrons. The standard InChI is InChI=1S/C9H14S6/c1-4-10-13-7-9(15-12-6-3)8-14-11-5-2/h4-6,9H,1-3,7-8H2. The molecule has 0 rings (SSSR count). The van der Waals surface area contributed by atoms with Crippen LogP contribution >= 0.6 is 64.8 Å². The van der Waals surface area contributed by atoms with Gasteiger partial charge < -0.3 is 0 Å². The Morgan fingerprint density at radius 3 is 1.67 bits per heavy atom. The summed E-state index contributed by atoms with van der Waals surface area (Å²) < 4.78 is 0. The maximum absolute atomic E-state index is 3.71. The van der Waals surface area contributed by atoms with Gasteiger partial charge in [-0.2, -0.15) is 0 Å². The van der Waals surface area contributed by atoms with Gasteiger partial charge in [0.05, 0.1) is 0 Å². The molecule has 0 aromatic carbocycles. The summed E-state index contributed by atoms with van der Waals surface area (Å²) in [5.74, 6) is 2.26. The van der Waals surface area contributed by atoms with Crippen LogP contribution in [0.15, 0.2) is 36.0 Å². The van der Waals surface area contributed by atoms with Crippen LogP contribution < -0.4 is 0 Å². The first-order valence-corrected chi connectivity index (χ1v) is 11.1. The molecule has 0 saturated heterocycles. The van der Waals surface area contributed by atoms with E-state index in [-0.39, 0.29) is 0 Å². The van der Waals surface area contributed by atoms with Crippen molar-refractivity contribution in [1.82, 2.24) is 0 Å². The molecule has 0 saturated carbocycles. The van der Waals surface area contributed by atoms with Crippen LogP contribution in [0, 0.1) is 0 Å². The lowest BCUT2D eigenvalue weighted by atomic mass is 10.6. The van der Waals surface area contributed by atoms with E-state index in [1.54, 1.807) is 32.4 Å². The second-order valence-electron chi connectivity index (χ2n) is 2.08. The molecule has 15 heavy (non-hydrogen) atoms. The van der Waals surface area contributed by atoms with Gasteiger partial charge in [0.15, 0.2) is 0 Å². The van der Waals surface area contributed by atoms with Crippen LogP contribution in [0.4, 0.5) is 0 Å². The molecular formula is C9H14S6. The summed E-state index contributed by atoms with van der Waals surface area (Å²) in [4.78, 5) is 0. The molecule has 0 fully saturated rings. The van der Waals surface area contributed by atoms with Gasteiger partial charge in [-0.25, -0.2) is 0 Å². The predicted octanol–water partition coefficient (Wildman–Crippen LogP) is 5.93. The molecule has 0 N–H and O–H groups in total. The molecule has 0 nitrogen and oxygen atoms in total. The van der Waals surface area contributed by atoms with Crippen LogP contribution in [0.25, 0.3) is 0 Å². The third-order valence-corrected chi connectivity index (χ3v) is 7.94. The molecule has 0 amide bonds. The molecule has 0 unspecified atom stereocenters. The highest BCUT2D eigenvalue weighted by Crippen LogP contribution is 2.36. The molecule has 0 radical (unpaired) electrons. The highest BCUT2D eigenvalue weighted by Gasteiger charge is 2.09. The fourth-order valence-corrected chi connectivity index (χ4v) is 6.93. The van der Waals surface area contributed by atoms with Crippen molar-refractivity contribution in [2.24, 2.45) is 0 Å². The molecule has 6 heteroatoms. The lowest BCUT2D eigenvalue weighted by Crippen LogP contribution is -2.06. The van der Waals surface area contributed by atoms with E-state index in [1.807, 2.05) is 48.6 Å². The highest BCUT2D eigenvalue weighted by molar-refractivity contribution is 8.80. The third kappa shape index (κ3) is 11.6. The third-order valence-electron chi connectivity index (χ3n) is 1.04. The van der Waals surface area contributed by atoms with E-state index in [0.717, 1.165) is 11.5 Å². The van der Waals surface area contributed by atoms with Crippen molar-refractivity contribution >= 4 is 64.8 Å². The highest BCUT2D eigenvalue weighted by atomic mass is 33.1. The van der Waals surface area contributed by atoms with E-state index in [0.29, 0.717) is 5.25 Å². The van der Waals surface area contributed by atoms with Crippen molar-refractivity contribution in [3.8, 4) is 0 Å². The van der Waals surface area contributed by atoms with Gasteiger partial charge in [-0.15, -0.1) is 0 Å². The quantitative estimate of drug-likeness (QED) is 0.340.